The second-order valence-electron chi connectivity index (χ2n) is 5.35. The number of benzene rings is 2. The van der Waals surface area contributed by atoms with Gasteiger partial charge in [0, 0.05) is 6.04 Å². The maximum Gasteiger partial charge on any atom is 0.314 e. The van der Waals surface area contributed by atoms with Gasteiger partial charge in [-0.2, -0.15) is 0 Å². The van der Waals surface area contributed by atoms with Crippen molar-refractivity contribution in [2.45, 2.75) is 25.3 Å². The van der Waals surface area contributed by atoms with Gasteiger partial charge in [-0.15, -0.1) is 0 Å². The summed E-state index contributed by atoms with van der Waals surface area (Å²) in [5.41, 5.74) is 9.08. The summed E-state index contributed by atoms with van der Waals surface area (Å²) in [5, 5.41) is 14.5. The molecule has 0 radical (unpaired) electrons. The predicted octanol–water partition coefficient (Wildman–Crippen LogP) is 3.15. The normalized spacial score (nSPS) is 17.0. The fourth-order valence-electron chi connectivity index (χ4n) is 2.92. The first-order chi connectivity index (χ1) is 10.1. The highest BCUT2D eigenvalue weighted by atomic mass is 16.6. The van der Waals surface area contributed by atoms with Crippen molar-refractivity contribution in [3.8, 4) is 0 Å². The molecule has 3 rings (SSSR count). The van der Waals surface area contributed by atoms with E-state index in [1.54, 1.807) is 18.2 Å². The molecule has 0 bridgehead atoms. The van der Waals surface area contributed by atoms with Crippen LogP contribution in [0.25, 0.3) is 0 Å². The van der Waals surface area contributed by atoms with Gasteiger partial charge in [0.1, 0.15) is 11.4 Å². The Labute approximate surface area is 122 Å². The van der Waals surface area contributed by atoms with Crippen molar-refractivity contribution < 1.29 is 4.92 Å². The van der Waals surface area contributed by atoms with Crippen molar-refractivity contribution in [3.05, 3.63) is 63.7 Å². The minimum atomic E-state index is -0.422. The third-order valence-corrected chi connectivity index (χ3v) is 3.96. The number of nitrogens with zero attached hydrogens (tertiary/aromatic N) is 1. The lowest BCUT2D eigenvalue weighted by Gasteiger charge is -2.26. The standard InChI is InChI=1S/C16H17N3O2/c17-14-6-3-7-15(16(14)19(20)21)18-13-9-8-11-4-1-2-5-12(11)10-13/h1-7,13,18H,8-10,17H2. The van der Waals surface area contributed by atoms with Gasteiger partial charge >= 0.3 is 5.69 Å². The molecule has 2 aromatic carbocycles. The van der Waals surface area contributed by atoms with Gasteiger partial charge in [0.05, 0.1) is 4.92 Å². The lowest BCUT2D eigenvalue weighted by Crippen LogP contribution is -2.27. The zero-order chi connectivity index (χ0) is 14.8. The van der Waals surface area contributed by atoms with E-state index < -0.39 is 4.92 Å². The number of para-hydroxylation sites is 1. The zero-order valence-corrected chi connectivity index (χ0v) is 11.6. The molecule has 0 saturated heterocycles. The van der Waals surface area contributed by atoms with Crippen molar-refractivity contribution >= 4 is 17.1 Å². The molecule has 0 heterocycles. The first-order valence-electron chi connectivity index (χ1n) is 7.01. The van der Waals surface area contributed by atoms with Crippen LogP contribution in [0, 0.1) is 10.1 Å². The van der Waals surface area contributed by atoms with E-state index in [1.165, 1.54) is 11.1 Å². The molecule has 0 fully saturated rings. The number of nitro benzene ring substituents is 1. The monoisotopic (exact) mass is 283 g/mol. The van der Waals surface area contributed by atoms with Crippen molar-refractivity contribution in [2.75, 3.05) is 11.1 Å². The number of nitrogens with one attached hydrogen (secondary N) is 1. The molecule has 5 heteroatoms. The molecule has 1 unspecified atom stereocenters. The Morgan fingerprint density at radius 1 is 1.14 bits per heavy atom. The average Bonchev–Trinajstić information content (AvgIpc) is 2.47. The first-order valence-corrected chi connectivity index (χ1v) is 7.01. The van der Waals surface area contributed by atoms with Gasteiger partial charge in [-0.1, -0.05) is 30.3 Å². The Hall–Kier alpha value is -2.56. The molecule has 5 nitrogen and oxygen atoms in total. The second-order valence-corrected chi connectivity index (χ2v) is 5.35. The summed E-state index contributed by atoms with van der Waals surface area (Å²) >= 11 is 0. The number of nitrogen functional groups attached to an aromatic ring is 1. The van der Waals surface area contributed by atoms with E-state index in [1.807, 2.05) is 6.07 Å². The molecule has 0 aromatic heterocycles. The van der Waals surface area contributed by atoms with Gasteiger partial charge < -0.3 is 11.1 Å². The minimum absolute atomic E-state index is 0.0311. The number of anilines is 2. The number of fused-ring (bicyclic) bond motifs is 1. The third kappa shape index (κ3) is 2.67. The molecular weight excluding hydrogens is 266 g/mol. The smallest absolute Gasteiger partial charge is 0.314 e. The maximum absolute atomic E-state index is 11.2. The molecular formula is C16H17N3O2. The molecule has 1 aliphatic carbocycles. The fourth-order valence-corrected chi connectivity index (χ4v) is 2.92. The quantitative estimate of drug-likeness (QED) is 0.515. The summed E-state index contributed by atoms with van der Waals surface area (Å²) in [6.45, 7) is 0. The van der Waals surface area contributed by atoms with Crippen LogP contribution in [0.2, 0.25) is 0 Å². The number of rotatable bonds is 3. The molecule has 0 aliphatic heterocycles. The first kappa shape index (κ1) is 13.4. The highest BCUT2D eigenvalue weighted by molar-refractivity contribution is 5.74. The molecule has 1 atom stereocenters. The summed E-state index contributed by atoms with van der Waals surface area (Å²) in [6, 6.07) is 13.6. The number of nitrogens with two attached hydrogens (primary N) is 1. The van der Waals surface area contributed by atoms with Gasteiger partial charge in [-0.05, 0) is 42.5 Å². The van der Waals surface area contributed by atoms with E-state index in [0.717, 1.165) is 19.3 Å². The van der Waals surface area contributed by atoms with Crippen LogP contribution in [-0.2, 0) is 12.8 Å². The average molecular weight is 283 g/mol. The molecule has 0 spiro atoms. The number of nitro groups is 1. The van der Waals surface area contributed by atoms with Gasteiger partial charge in [-0.3, -0.25) is 10.1 Å². The topological polar surface area (TPSA) is 81.2 Å². The molecule has 21 heavy (non-hydrogen) atoms. The SMILES string of the molecule is Nc1cccc(NC2CCc3ccccc3C2)c1[N+](=O)[O-]. The van der Waals surface area contributed by atoms with Gasteiger partial charge in [0.25, 0.3) is 0 Å². The van der Waals surface area contributed by atoms with Crippen LogP contribution < -0.4 is 11.1 Å². The lowest BCUT2D eigenvalue weighted by molar-refractivity contribution is -0.383. The molecule has 2 aromatic rings. The van der Waals surface area contributed by atoms with E-state index in [-0.39, 0.29) is 17.4 Å². The minimum Gasteiger partial charge on any atom is -0.393 e. The van der Waals surface area contributed by atoms with Crippen molar-refractivity contribution in [3.63, 3.8) is 0 Å². The van der Waals surface area contributed by atoms with Crippen LogP contribution in [0.15, 0.2) is 42.5 Å². The Bertz CT molecular complexity index is 685. The van der Waals surface area contributed by atoms with E-state index >= 15 is 0 Å². The summed E-state index contributed by atoms with van der Waals surface area (Å²) in [6.07, 6.45) is 2.83. The Morgan fingerprint density at radius 3 is 2.67 bits per heavy atom. The van der Waals surface area contributed by atoms with Crippen molar-refractivity contribution in [2.24, 2.45) is 0 Å². The lowest BCUT2D eigenvalue weighted by atomic mass is 9.88. The molecule has 1 aliphatic rings. The maximum atomic E-state index is 11.2. The Balaban J connectivity index is 1.83. The van der Waals surface area contributed by atoms with E-state index in [4.69, 9.17) is 5.73 Å². The molecule has 108 valence electrons. The molecule has 3 N–H and O–H groups in total. The number of aryl methyl sites for hydroxylation is 1. The van der Waals surface area contributed by atoms with Crippen LogP contribution in [-0.4, -0.2) is 11.0 Å². The van der Waals surface area contributed by atoms with Crippen LogP contribution >= 0.6 is 0 Å². The van der Waals surface area contributed by atoms with Crippen LogP contribution in [0.3, 0.4) is 0 Å². The Kier molecular flexibility index (Phi) is 3.48. The summed E-state index contributed by atoms with van der Waals surface area (Å²) < 4.78 is 0. The number of hydrogen-bond donors (Lipinski definition) is 2. The van der Waals surface area contributed by atoms with Gasteiger partial charge in [0.15, 0.2) is 0 Å². The summed E-state index contributed by atoms with van der Waals surface area (Å²) in [5.74, 6) is 0. The van der Waals surface area contributed by atoms with Crippen LogP contribution in [0.5, 0.6) is 0 Å². The number of hydrogen-bond acceptors (Lipinski definition) is 4. The highest BCUT2D eigenvalue weighted by Crippen LogP contribution is 2.32. The van der Waals surface area contributed by atoms with Crippen LogP contribution in [0.4, 0.5) is 17.1 Å². The predicted molar refractivity (Wildman–Crippen MR) is 83.4 cm³/mol. The van der Waals surface area contributed by atoms with E-state index in [9.17, 15) is 10.1 Å². The fraction of sp³-hybridized carbons (Fsp3) is 0.250. The molecule has 0 saturated carbocycles. The van der Waals surface area contributed by atoms with Crippen molar-refractivity contribution in [1.82, 2.24) is 0 Å². The van der Waals surface area contributed by atoms with Gasteiger partial charge in [0.2, 0.25) is 0 Å². The summed E-state index contributed by atoms with van der Waals surface area (Å²) in [7, 11) is 0. The van der Waals surface area contributed by atoms with E-state index in [0.29, 0.717) is 5.69 Å². The third-order valence-electron chi connectivity index (χ3n) is 3.96. The Morgan fingerprint density at radius 2 is 1.90 bits per heavy atom. The zero-order valence-electron chi connectivity index (χ0n) is 11.6. The summed E-state index contributed by atoms with van der Waals surface area (Å²) in [4.78, 5) is 10.7. The highest BCUT2D eigenvalue weighted by Gasteiger charge is 2.23. The van der Waals surface area contributed by atoms with Gasteiger partial charge in [-0.25, -0.2) is 0 Å². The largest absolute Gasteiger partial charge is 0.393 e. The van der Waals surface area contributed by atoms with E-state index in [2.05, 4.69) is 23.5 Å². The van der Waals surface area contributed by atoms with Crippen molar-refractivity contribution in [1.29, 1.82) is 0 Å². The second kappa shape index (κ2) is 5.44. The van der Waals surface area contributed by atoms with Crippen LogP contribution in [0.1, 0.15) is 17.5 Å². The molecule has 0 amide bonds.